The summed E-state index contributed by atoms with van der Waals surface area (Å²) in [7, 11) is -2.05. The molecule has 5 rings (SSSR count). The zero-order valence-corrected chi connectivity index (χ0v) is 20.4. The maximum Gasteiger partial charge on any atom is 0.244 e. The number of piperazine rings is 1. The number of benzene rings is 2. The Morgan fingerprint density at radius 2 is 1.72 bits per heavy atom. The Bertz CT molecular complexity index is 1140. The lowest BCUT2D eigenvalue weighted by molar-refractivity contribution is -0.119. The zero-order chi connectivity index (χ0) is 22.5. The van der Waals surface area contributed by atoms with Crippen LogP contribution < -0.4 is 14.5 Å². The number of carbonyl (C=O) groups excluding carboxylic acids is 1. The summed E-state index contributed by atoms with van der Waals surface area (Å²) in [5.41, 5.74) is 2.82. The largest absolute Gasteiger partial charge is 0.497 e. The first-order chi connectivity index (χ1) is 15.4. The van der Waals surface area contributed by atoms with Crippen LogP contribution in [0.3, 0.4) is 0 Å². The highest BCUT2D eigenvalue weighted by Crippen LogP contribution is 2.40. The third-order valence-corrected chi connectivity index (χ3v) is 9.37. The molecule has 1 saturated carbocycles. The monoisotopic (exact) mass is 519 g/mol. The van der Waals surface area contributed by atoms with Crippen LogP contribution in [0.5, 0.6) is 5.75 Å². The van der Waals surface area contributed by atoms with E-state index in [0.29, 0.717) is 37.2 Å². The van der Waals surface area contributed by atoms with Crippen LogP contribution >= 0.6 is 15.9 Å². The van der Waals surface area contributed by atoms with Crippen LogP contribution in [-0.2, 0) is 21.2 Å². The number of fused-ring (bicyclic) bond motifs is 1. The number of sulfonamides is 1. The predicted molar refractivity (Wildman–Crippen MR) is 127 cm³/mol. The van der Waals surface area contributed by atoms with Gasteiger partial charge >= 0.3 is 0 Å². The van der Waals surface area contributed by atoms with Gasteiger partial charge in [0.15, 0.2) is 0 Å². The molecule has 0 radical (unpaired) electrons. The predicted octanol–water partition coefficient (Wildman–Crippen LogP) is 3.27. The molecule has 3 aliphatic rings. The van der Waals surface area contributed by atoms with Gasteiger partial charge in [0.05, 0.1) is 12.0 Å². The smallest absolute Gasteiger partial charge is 0.244 e. The minimum absolute atomic E-state index is 0.107. The maximum atomic E-state index is 13.5. The molecule has 2 aromatic carbocycles. The van der Waals surface area contributed by atoms with E-state index in [1.165, 1.54) is 0 Å². The van der Waals surface area contributed by atoms with Gasteiger partial charge in [0, 0.05) is 54.5 Å². The van der Waals surface area contributed by atoms with E-state index in [-0.39, 0.29) is 16.7 Å². The van der Waals surface area contributed by atoms with Crippen molar-refractivity contribution >= 4 is 43.2 Å². The van der Waals surface area contributed by atoms with Crippen molar-refractivity contribution < 1.29 is 17.9 Å². The number of hydrogen-bond donors (Lipinski definition) is 0. The Morgan fingerprint density at radius 1 is 1.03 bits per heavy atom. The van der Waals surface area contributed by atoms with Gasteiger partial charge in [-0.3, -0.25) is 4.79 Å². The van der Waals surface area contributed by atoms with Gasteiger partial charge in [-0.15, -0.1) is 0 Å². The highest BCUT2D eigenvalue weighted by atomic mass is 79.9. The summed E-state index contributed by atoms with van der Waals surface area (Å²) >= 11 is 3.48. The van der Waals surface area contributed by atoms with Crippen LogP contribution in [-0.4, -0.2) is 58.5 Å². The van der Waals surface area contributed by atoms with Crippen LogP contribution in [0.4, 0.5) is 11.4 Å². The number of carbonyl (C=O) groups is 1. The number of halogens is 1. The van der Waals surface area contributed by atoms with Crippen molar-refractivity contribution in [1.82, 2.24) is 4.31 Å². The lowest BCUT2D eigenvalue weighted by Gasteiger charge is -2.35. The second kappa shape index (κ2) is 8.35. The highest BCUT2D eigenvalue weighted by molar-refractivity contribution is 9.10. The van der Waals surface area contributed by atoms with E-state index in [2.05, 4.69) is 20.8 Å². The van der Waals surface area contributed by atoms with E-state index in [0.717, 1.165) is 42.0 Å². The van der Waals surface area contributed by atoms with E-state index in [4.69, 9.17) is 4.74 Å². The van der Waals surface area contributed by atoms with Crippen molar-refractivity contribution in [3.8, 4) is 5.75 Å². The molecule has 0 bridgehead atoms. The summed E-state index contributed by atoms with van der Waals surface area (Å²) in [5, 5.41) is 0. The summed E-state index contributed by atoms with van der Waals surface area (Å²) < 4.78 is 34.4. The van der Waals surface area contributed by atoms with Gasteiger partial charge < -0.3 is 14.5 Å². The molecule has 0 unspecified atom stereocenters. The van der Waals surface area contributed by atoms with E-state index in [9.17, 15) is 13.2 Å². The number of ether oxygens (including phenoxy) is 1. The molecule has 0 N–H and O–H groups in total. The summed E-state index contributed by atoms with van der Waals surface area (Å²) in [6, 6.07) is 11.4. The van der Waals surface area contributed by atoms with Crippen molar-refractivity contribution in [2.75, 3.05) is 49.6 Å². The molecule has 2 aliphatic heterocycles. The SMILES string of the molecule is COc1ccc(N2CCN(S(=O)(=O)c3cc4c(cc3Br)CCN4C(=O)C3CC3)CC2)cc1. The normalized spacial score (nSPS) is 19.2. The summed E-state index contributed by atoms with van der Waals surface area (Å²) in [4.78, 5) is 16.9. The number of hydrogen-bond acceptors (Lipinski definition) is 5. The van der Waals surface area contributed by atoms with Crippen molar-refractivity contribution in [3.63, 3.8) is 0 Å². The van der Waals surface area contributed by atoms with E-state index >= 15 is 0 Å². The number of anilines is 2. The molecular formula is C23H26BrN3O4S. The first kappa shape index (κ1) is 21.7. The molecule has 9 heteroatoms. The number of rotatable bonds is 5. The van der Waals surface area contributed by atoms with Crippen LogP contribution in [0.2, 0.25) is 0 Å². The topological polar surface area (TPSA) is 70.2 Å². The average Bonchev–Trinajstić information content (AvgIpc) is 3.58. The van der Waals surface area contributed by atoms with Gasteiger partial charge in [-0.1, -0.05) is 0 Å². The number of amides is 1. The van der Waals surface area contributed by atoms with Gasteiger partial charge in [0.1, 0.15) is 5.75 Å². The molecule has 0 aromatic heterocycles. The highest BCUT2D eigenvalue weighted by Gasteiger charge is 2.38. The van der Waals surface area contributed by atoms with E-state index in [1.807, 2.05) is 30.3 Å². The van der Waals surface area contributed by atoms with E-state index < -0.39 is 10.0 Å². The molecule has 2 aromatic rings. The van der Waals surface area contributed by atoms with Crippen LogP contribution in [0.25, 0.3) is 0 Å². The van der Waals surface area contributed by atoms with Crippen molar-refractivity contribution in [2.45, 2.75) is 24.2 Å². The average molecular weight is 520 g/mol. The van der Waals surface area contributed by atoms with Gasteiger partial charge in [-0.2, -0.15) is 4.31 Å². The molecular weight excluding hydrogens is 494 g/mol. The molecule has 1 aliphatic carbocycles. The fourth-order valence-electron chi connectivity index (χ4n) is 4.48. The van der Waals surface area contributed by atoms with Crippen molar-refractivity contribution in [3.05, 3.63) is 46.4 Å². The minimum atomic E-state index is -3.68. The van der Waals surface area contributed by atoms with Crippen LogP contribution in [0.1, 0.15) is 18.4 Å². The second-order valence-corrected chi connectivity index (χ2v) is 11.3. The van der Waals surface area contributed by atoms with Crippen LogP contribution in [0, 0.1) is 5.92 Å². The Balaban J connectivity index is 1.35. The summed E-state index contributed by atoms with van der Waals surface area (Å²) in [5.74, 6) is 1.03. The second-order valence-electron chi connectivity index (χ2n) is 8.51. The zero-order valence-electron chi connectivity index (χ0n) is 18.0. The molecule has 7 nitrogen and oxygen atoms in total. The Kier molecular flexibility index (Phi) is 5.67. The molecule has 32 heavy (non-hydrogen) atoms. The fraction of sp³-hybridized carbons (Fsp3) is 0.435. The van der Waals surface area contributed by atoms with Crippen molar-refractivity contribution in [2.24, 2.45) is 5.92 Å². The molecule has 1 saturated heterocycles. The number of methoxy groups -OCH3 is 1. The maximum absolute atomic E-state index is 13.5. The third-order valence-electron chi connectivity index (χ3n) is 6.52. The van der Waals surface area contributed by atoms with E-state index in [1.54, 1.807) is 22.4 Å². The fourth-order valence-corrected chi connectivity index (χ4v) is 6.98. The first-order valence-corrected chi connectivity index (χ1v) is 13.1. The van der Waals surface area contributed by atoms with Gasteiger partial charge in [-0.25, -0.2) is 8.42 Å². The lowest BCUT2D eigenvalue weighted by Crippen LogP contribution is -2.48. The Labute approximate surface area is 197 Å². The number of nitrogens with zero attached hydrogens (tertiary/aromatic N) is 3. The quantitative estimate of drug-likeness (QED) is 0.606. The molecule has 0 atom stereocenters. The van der Waals surface area contributed by atoms with Crippen molar-refractivity contribution in [1.29, 1.82) is 0 Å². The Hall–Kier alpha value is -2.10. The molecule has 2 heterocycles. The summed E-state index contributed by atoms with van der Waals surface area (Å²) in [6.07, 6.45) is 2.63. The standard InChI is InChI=1S/C23H26BrN3O4S/c1-31-19-6-4-18(5-7-19)25-10-12-26(13-11-25)32(29,30)22-15-21-17(14-20(22)24)8-9-27(21)23(28)16-2-3-16/h4-7,14-16H,2-3,8-13H2,1H3. The summed E-state index contributed by atoms with van der Waals surface area (Å²) in [6.45, 7) is 2.66. The molecule has 170 valence electrons. The minimum Gasteiger partial charge on any atom is -0.497 e. The molecule has 2 fully saturated rings. The van der Waals surface area contributed by atoms with Gasteiger partial charge in [-0.05, 0) is 77.2 Å². The van der Waals surface area contributed by atoms with Crippen LogP contribution in [0.15, 0.2) is 45.8 Å². The van der Waals surface area contributed by atoms with Gasteiger partial charge in [0.25, 0.3) is 0 Å². The lowest BCUT2D eigenvalue weighted by atomic mass is 10.2. The molecule has 0 spiro atoms. The molecule has 1 amide bonds. The third kappa shape index (κ3) is 3.91. The van der Waals surface area contributed by atoms with Gasteiger partial charge in [0.2, 0.25) is 15.9 Å². The first-order valence-electron chi connectivity index (χ1n) is 10.9. The Morgan fingerprint density at radius 3 is 2.34 bits per heavy atom.